The monoisotopic (exact) mass is 311 g/mol. The van der Waals surface area contributed by atoms with E-state index in [-0.39, 0.29) is 18.2 Å². The Bertz CT molecular complexity index is 664. The topological polar surface area (TPSA) is 58.5 Å². The molecule has 1 aromatic heterocycles. The summed E-state index contributed by atoms with van der Waals surface area (Å²) in [6.45, 7) is 1.90. The maximum absolute atomic E-state index is 10.5. The maximum Gasteiger partial charge on any atom is 0.316 e. The predicted octanol–water partition coefficient (Wildman–Crippen LogP) is 1.81. The molecule has 5 nitrogen and oxygen atoms in total. The van der Waals surface area contributed by atoms with Crippen LogP contribution in [0.5, 0.6) is 6.01 Å². The third kappa shape index (κ3) is 3.07. The number of hydrogen-bond donors (Lipinski definition) is 1. The largest absolute Gasteiger partial charge is 0.460 e. The highest BCUT2D eigenvalue weighted by atomic mass is 16.5. The van der Waals surface area contributed by atoms with E-state index in [1.807, 2.05) is 0 Å². The van der Waals surface area contributed by atoms with Crippen molar-refractivity contribution in [3.63, 3.8) is 0 Å². The Morgan fingerprint density at radius 3 is 2.65 bits per heavy atom. The van der Waals surface area contributed by atoms with E-state index in [1.54, 1.807) is 18.5 Å². The summed E-state index contributed by atoms with van der Waals surface area (Å²) in [6.07, 6.45) is 5.48. The highest BCUT2D eigenvalue weighted by molar-refractivity contribution is 5.29. The lowest BCUT2D eigenvalue weighted by Gasteiger charge is -2.35. The summed E-state index contributed by atoms with van der Waals surface area (Å²) in [5, 5.41) is 10.5. The Hall–Kier alpha value is -1.98. The summed E-state index contributed by atoms with van der Waals surface area (Å²) < 4.78 is 5.83. The Morgan fingerprint density at radius 1 is 1.04 bits per heavy atom. The van der Waals surface area contributed by atoms with Crippen LogP contribution in [-0.2, 0) is 13.0 Å². The van der Waals surface area contributed by atoms with Crippen LogP contribution < -0.4 is 4.74 Å². The molecular weight excluding hydrogens is 290 g/mol. The molecule has 0 amide bonds. The number of ether oxygens (including phenoxy) is 1. The minimum atomic E-state index is -0.353. The lowest BCUT2D eigenvalue weighted by atomic mass is 9.98. The van der Waals surface area contributed by atoms with Crippen molar-refractivity contribution in [2.45, 2.75) is 44.1 Å². The Labute approximate surface area is 136 Å². The Morgan fingerprint density at radius 2 is 1.83 bits per heavy atom. The van der Waals surface area contributed by atoms with Gasteiger partial charge in [-0.15, -0.1) is 0 Å². The molecule has 1 saturated carbocycles. The average Bonchev–Trinajstić information content (AvgIpc) is 2.95. The predicted molar refractivity (Wildman–Crippen MR) is 86.0 cm³/mol. The second-order valence-electron chi connectivity index (χ2n) is 6.37. The van der Waals surface area contributed by atoms with Crippen molar-refractivity contribution >= 4 is 0 Å². The second-order valence-corrected chi connectivity index (χ2v) is 6.37. The summed E-state index contributed by atoms with van der Waals surface area (Å²) in [5.41, 5.74) is 2.81. The summed E-state index contributed by atoms with van der Waals surface area (Å²) in [6, 6.07) is 10.9. The zero-order valence-electron chi connectivity index (χ0n) is 13.0. The molecule has 5 heteroatoms. The van der Waals surface area contributed by atoms with E-state index in [9.17, 15) is 5.11 Å². The second kappa shape index (κ2) is 6.26. The van der Waals surface area contributed by atoms with Crippen molar-refractivity contribution in [3.8, 4) is 6.01 Å². The minimum Gasteiger partial charge on any atom is -0.460 e. The molecule has 1 aliphatic heterocycles. The fourth-order valence-electron chi connectivity index (χ4n) is 3.73. The molecule has 1 aromatic carbocycles. The molecule has 0 spiro atoms. The van der Waals surface area contributed by atoms with Crippen molar-refractivity contribution in [3.05, 3.63) is 53.9 Å². The number of fused-ring (bicyclic) bond motifs is 1. The zero-order chi connectivity index (χ0) is 15.6. The van der Waals surface area contributed by atoms with Gasteiger partial charge in [-0.3, -0.25) is 4.90 Å². The molecule has 1 N–H and O–H groups in total. The molecule has 3 atom stereocenters. The van der Waals surface area contributed by atoms with Gasteiger partial charge in [0, 0.05) is 44.4 Å². The summed E-state index contributed by atoms with van der Waals surface area (Å²) in [4.78, 5) is 10.6. The zero-order valence-corrected chi connectivity index (χ0v) is 13.0. The third-order valence-corrected chi connectivity index (χ3v) is 4.90. The van der Waals surface area contributed by atoms with Gasteiger partial charge in [-0.25, -0.2) is 9.97 Å². The van der Waals surface area contributed by atoms with Crippen LogP contribution in [0.25, 0.3) is 0 Å². The Kier molecular flexibility index (Phi) is 3.97. The smallest absolute Gasteiger partial charge is 0.316 e. The highest BCUT2D eigenvalue weighted by Gasteiger charge is 2.39. The molecule has 2 aromatic rings. The van der Waals surface area contributed by atoms with Crippen molar-refractivity contribution < 1.29 is 9.84 Å². The maximum atomic E-state index is 10.5. The number of rotatable bonds is 3. The van der Waals surface area contributed by atoms with Gasteiger partial charge in [-0.05, 0) is 23.6 Å². The van der Waals surface area contributed by atoms with Crippen LogP contribution in [0.3, 0.4) is 0 Å². The first-order chi connectivity index (χ1) is 11.3. The lowest BCUT2D eigenvalue weighted by molar-refractivity contribution is 0.0625. The van der Waals surface area contributed by atoms with E-state index in [1.165, 1.54) is 11.1 Å². The number of benzene rings is 1. The number of nitrogens with zero attached hydrogens (tertiary/aromatic N) is 3. The molecule has 1 aliphatic carbocycles. The van der Waals surface area contributed by atoms with Gasteiger partial charge >= 0.3 is 6.01 Å². The molecule has 0 bridgehead atoms. The van der Waals surface area contributed by atoms with Gasteiger partial charge in [0.25, 0.3) is 0 Å². The van der Waals surface area contributed by atoms with E-state index in [0.29, 0.717) is 12.4 Å². The fraction of sp³-hybridized carbons (Fsp3) is 0.444. The van der Waals surface area contributed by atoms with Crippen molar-refractivity contribution in [1.29, 1.82) is 0 Å². The van der Waals surface area contributed by atoms with E-state index in [4.69, 9.17) is 4.74 Å². The van der Waals surface area contributed by atoms with Gasteiger partial charge in [0.05, 0.1) is 6.10 Å². The van der Waals surface area contributed by atoms with Gasteiger partial charge in [-0.2, -0.15) is 0 Å². The van der Waals surface area contributed by atoms with E-state index < -0.39 is 0 Å². The van der Waals surface area contributed by atoms with Crippen molar-refractivity contribution in [1.82, 2.24) is 14.9 Å². The first kappa shape index (κ1) is 14.6. The lowest BCUT2D eigenvalue weighted by Crippen LogP contribution is -2.43. The fourth-order valence-corrected chi connectivity index (χ4v) is 3.73. The van der Waals surface area contributed by atoms with Crippen LogP contribution >= 0.6 is 0 Å². The molecule has 3 unspecified atom stereocenters. The average molecular weight is 311 g/mol. The first-order valence-corrected chi connectivity index (χ1v) is 8.22. The first-order valence-electron chi connectivity index (χ1n) is 8.22. The number of aromatic nitrogens is 2. The minimum absolute atomic E-state index is 0.0189. The van der Waals surface area contributed by atoms with Crippen molar-refractivity contribution in [2.24, 2.45) is 0 Å². The molecule has 4 rings (SSSR count). The summed E-state index contributed by atoms with van der Waals surface area (Å²) >= 11 is 0. The van der Waals surface area contributed by atoms with E-state index in [2.05, 4.69) is 39.1 Å². The quantitative estimate of drug-likeness (QED) is 0.937. The number of aliphatic hydroxyl groups excluding tert-OH is 1. The van der Waals surface area contributed by atoms with Gasteiger partial charge in [-0.1, -0.05) is 24.3 Å². The standard InChI is InChI=1S/C18H21N3O2/c22-17-11-15(23-18-19-7-3-8-20-18)10-16(17)21-9-6-13-4-1-2-5-14(13)12-21/h1-5,7-8,15-17,22H,6,9-12H2. The van der Waals surface area contributed by atoms with Gasteiger partial charge in [0.1, 0.15) is 6.10 Å². The molecule has 2 aliphatic rings. The van der Waals surface area contributed by atoms with Crippen LogP contribution in [0, 0.1) is 0 Å². The van der Waals surface area contributed by atoms with Crippen LogP contribution in [-0.4, -0.2) is 44.8 Å². The van der Waals surface area contributed by atoms with Crippen molar-refractivity contribution in [2.75, 3.05) is 6.54 Å². The Balaban J connectivity index is 1.42. The molecule has 2 heterocycles. The molecule has 23 heavy (non-hydrogen) atoms. The SMILES string of the molecule is OC1CC(Oc2ncccn2)CC1N1CCc2ccccc2C1. The van der Waals surface area contributed by atoms with Crippen LogP contribution in [0.15, 0.2) is 42.7 Å². The molecule has 0 radical (unpaired) electrons. The van der Waals surface area contributed by atoms with E-state index in [0.717, 1.165) is 25.9 Å². The normalized spacial score (nSPS) is 27.6. The summed E-state index contributed by atoms with van der Waals surface area (Å²) in [5.74, 6) is 0. The molecule has 0 saturated heterocycles. The highest BCUT2D eigenvalue weighted by Crippen LogP contribution is 2.31. The van der Waals surface area contributed by atoms with Gasteiger partial charge in [0.2, 0.25) is 0 Å². The van der Waals surface area contributed by atoms with Crippen LogP contribution in [0.2, 0.25) is 0 Å². The molecule has 120 valence electrons. The van der Waals surface area contributed by atoms with Gasteiger partial charge in [0.15, 0.2) is 0 Å². The number of aliphatic hydroxyl groups is 1. The summed E-state index contributed by atoms with van der Waals surface area (Å²) in [7, 11) is 0. The molecular formula is C18H21N3O2. The van der Waals surface area contributed by atoms with Crippen LogP contribution in [0.4, 0.5) is 0 Å². The number of hydrogen-bond acceptors (Lipinski definition) is 5. The third-order valence-electron chi connectivity index (χ3n) is 4.90. The van der Waals surface area contributed by atoms with Crippen LogP contribution in [0.1, 0.15) is 24.0 Å². The van der Waals surface area contributed by atoms with Gasteiger partial charge < -0.3 is 9.84 Å². The molecule has 1 fully saturated rings. The van der Waals surface area contributed by atoms with E-state index >= 15 is 0 Å².